The lowest BCUT2D eigenvalue weighted by molar-refractivity contribution is -0.0528. The summed E-state index contributed by atoms with van der Waals surface area (Å²) in [6.45, 7) is 1.59. The first-order valence-electron chi connectivity index (χ1n) is 6.32. The van der Waals surface area contributed by atoms with Gasteiger partial charge in [-0.15, -0.1) is 3.89 Å². The molecule has 0 radical (unpaired) electrons. The molecular weight excluding hydrogens is 227 g/mol. The van der Waals surface area contributed by atoms with E-state index in [0.29, 0.717) is 17.8 Å². The van der Waals surface area contributed by atoms with Crippen LogP contribution in [0, 0.1) is 23.2 Å². The Hall–Kier alpha value is -0.120. The van der Waals surface area contributed by atoms with Crippen molar-refractivity contribution in [2.75, 3.05) is 0 Å². The molecule has 0 aromatic carbocycles. The number of hydrogen-bond acceptors (Lipinski definition) is 2. The molecule has 4 aliphatic rings. The lowest BCUT2D eigenvalue weighted by atomic mass is 9.49. The molecule has 4 heteroatoms. The van der Waals surface area contributed by atoms with E-state index < -0.39 is 15.5 Å². The Balaban J connectivity index is 1.94. The highest BCUT2D eigenvalue weighted by atomic mass is 32.3. The predicted octanol–water partition coefficient (Wildman–Crippen LogP) is 2.89. The van der Waals surface area contributed by atoms with Gasteiger partial charge in [-0.3, -0.25) is 0 Å². The van der Waals surface area contributed by atoms with Crippen molar-refractivity contribution < 1.29 is 12.3 Å². The maximum absolute atomic E-state index is 13.3. The second-order valence-electron chi connectivity index (χ2n) is 6.40. The van der Waals surface area contributed by atoms with Crippen LogP contribution in [0.15, 0.2) is 0 Å². The maximum Gasteiger partial charge on any atom is 0.305 e. The van der Waals surface area contributed by atoms with E-state index in [0.717, 1.165) is 19.3 Å². The smallest absolute Gasteiger partial charge is 0.195 e. The topological polar surface area (TPSA) is 34.1 Å². The molecule has 1 atom stereocenters. The fraction of sp³-hybridized carbons (Fsp3) is 1.00. The van der Waals surface area contributed by atoms with Crippen LogP contribution in [0.3, 0.4) is 0 Å². The molecule has 0 aliphatic heterocycles. The molecule has 0 spiro atoms. The molecule has 0 saturated heterocycles. The Morgan fingerprint density at radius 3 is 1.75 bits per heavy atom. The van der Waals surface area contributed by atoms with Gasteiger partial charge in [-0.05, 0) is 68.6 Å². The highest BCUT2D eigenvalue weighted by Crippen LogP contribution is 2.62. The second kappa shape index (κ2) is 3.21. The molecule has 4 saturated carbocycles. The summed E-state index contributed by atoms with van der Waals surface area (Å²) in [4.78, 5) is 0. The molecule has 4 bridgehead atoms. The average Bonchev–Trinajstić information content (AvgIpc) is 2.12. The fourth-order valence-electron chi connectivity index (χ4n) is 4.97. The second-order valence-corrected chi connectivity index (χ2v) is 8.06. The Labute approximate surface area is 96.8 Å². The van der Waals surface area contributed by atoms with E-state index in [4.69, 9.17) is 0 Å². The molecule has 4 rings (SSSR count). The summed E-state index contributed by atoms with van der Waals surface area (Å²) < 4.78 is 35.6. The monoisotopic (exact) mass is 246 g/mol. The molecule has 2 nitrogen and oxygen atoms in total. The summed E-state index contributed by atoms with van der Waals surface area (Å²) in [7, 11) is -4.37. The summed E-state index contributed by atoms with van der Waals surface area (Å²) in [6, 6.07) is 0. The van der Waals surface area contributed by atoms with Gasteiger partial charge >= 0.3 is 10.2 Å². The largest absolute Gasteiger partial charge is 0.305 e. The zero-order valence-corrected chi connectivity index (χ0v) is 10.5. The van der Waals surface area contributed by atoms with Crippen molar-refractivity contribution in [3.8, 4) is 0 Å². The van der Waals surface area contributed by atoms with Gasteiger partial charge < -0.3 is 0 Å². The Morgan fingerprint density at radius 1 is 1.06 bits per heavy atom. The van der Waals surface area contributed by atoms with Gasteiger partial charge in [-0.2, -0.15) is 8.42 Å². The molecular formula is C12H19FO2S. The van der Waals surface area contributed by atoms with Crippen LogP contribution >= 0.6 is 0 Å². The zero-order valence-electron chi connectivity index (χ0n) is 9.65. The molecule has 0 amide bonds. The Morgan fingerprint density at radius 2 is 1.44 bits per heavy atom. The molecule has 4 aliphatic carbocycles. The first kappa shape index (κ1) is 11.0. The fourth-order valence-corrected chi connectivity index (χ4v) is 5.86. The summed E-state index contributed by atoms with van der Waals surface area (Å²) in [6.07, 6.45) is 6.63. The molecule has 92 valence electrons. The summed E-state index contributed by atoms with van der Waals surface area (Å²) in [5.41, 5.74) is -0.220. The summed E-state index contributed by atoms with van der Waals surface area (Å²) in [5, 5.41) is -0.784. The van der Waals surface area contributed by atoms with Crippen LogP contribution in [0.5, 0.6) is 0 Å². The molecule has 0 aromatic rings. The van der Waals surface area contributed by atoms with E-state index in [-0.39, 0.29) is 5.41 Å². The Bertz CT molecular complexity index is 366. The van der Waals surface area contributed by atoms with Crippen molar-refractivity contribution in [2.24, 2.45) is 23.2 Å². The first-order valence-corrected chi connectivity index (χ1v) is 7.77. The van der Waals surface area contributed by atoms with Crippen LogP contribution < -0.4 is 0 Å². The van der Waals surface area contributed by atoms with Crippen molar-refractivity contribution >= 4 is 10.2 Å². The van der Waals surface area contributed by atoms with Gasteiger partial charge in [0.2, 0.25) is 0 Å². The number of hydrogen-bond donors (Lipinski definition) is 0. The number of rotatable bonds is 2. The van der Waals surface area contributed by atoms with Crippen molar-refractivity contribution in [2.45, 2.75) is 50.7 Å². The summed E-state index contributed by atoms with van der Waals surface area (Å²) >= 11 is 0. The van der Waals surface area contributed by atoms with Gasteiger partial charge in [-0.25, -0.2) is 0 Å². The van der Waals surface area contributed by atoms with Crippen LogP contribution in [-0.4, -0.2) is 13.7 Å². The first-order chi connectivity index (χ1) is 7.39. The standard InChI is InChI=1S/C12H19FO2S/c1-8(16(13,14)15)12-5-9-2-10(6-12)4-11(3-9)7-12/h8-11H,2-7H2,1H3. The lowest BCUT2D eigenvalue weighted by Gasteiger charge is -2.58. The molecule has 16 heavy (non-hydrogen) atoms. The SMILES string of the molecule is CC(C12CC3CC(CC(C3)C1)C2)S(=O)(=O)F. The van der Waals surface area contributed by atoms with Crippen LogP contribution in [0.2, 0.25) is 0 Å². The van der Waals surface area contributed by atoms with E-state index in [2.05, 4.69) is 0 Å². The van der Waals surface area contributed by atoms with E-state index >= 15 is 0 Å². The van der Waals surface area contributed by atoms with Crippen molar-refractivity contribution in [1.82, 2.24) is 0 Å². The summed E-state index contributed by atoms with van der Waals surface area (Å²) in [5.74, 6) is 2.03. The third-order valence-electron chi connectivity index (χ3n) is 5.37. The van der Waals surface area contributed by atoms with Crippen molar-refractivity contribution in [3.63, 3.8) is 0 Å². The molecule has 0 aromatic heterocycles. The van der Waals surface area contributed by atoms with Gasteiger partial charge in [0, 0.05) is 0 Å². The normalized spacial score (nSPS) is 48.2. The molecule has 1 unspecified atom stereocenters. The quantitative estimate of drug-likeness (QED) is 0.702. The third kappa shape index (κ3) is 1.52. The molecule has 0 heterocycles. The Kier molecular flexibility index (Phi) is 2.21. The lowest BCUT2D eigenvalue weighted by Crippen LogP contribution is -2.52. The highest BCUT2D eigenvalue weighted by molar-refractivity contribution is 7.87. The minimum absolute atomic E-state index is 0.220. The molecule has 0 N–H and O–H groups in total. The van der Waals surface area contributed by atoms with Crippen LogP contribution in [0.4, 0.5) is 3.89 Å². The van der Waals surface area contributed by atoms with Crippen LogP contribution in [-0.2, 0) is 10.2 Å². The van der Waals surface area contributed by atoms with Crippen LogP contribution in [0.25, 0.3) is 0 Å². The van der Waals surface area contributed by atoms with Crippen LogP contribution in [0.1, 0.15) is 45.4 Å². The maximum atomic E-state index is 13.3. The van der Waals surface area contributed by atoms with E-state index in [9.17, 15) is 12.3 Å². The van der Waals surface area contributed by atoms with Crippen molar-refractivity contribution in [3.05, 3.63) is 0 Å². The third-order valence-corrected chi connectivity index (χ3v) is 6.71. The van der Waals surface area contributed by atoms with Gasteiger partial charge in [0.25, 0.3) is 0 Å². The highest BCUT2D eigenvalue weighted by Gasteiger charge is 2.56. The minimum Gasteiger partial charge on any atom is -0.195 e. The van der Waals surface area contributed by atoms with Gasteiger partial charge in [-0.1, -0.05) is 0 Å². The van der Waals surface area contributed by atoms with Gasteiger partial charge in [0.1, 0.15) is 0 Å². The minimum atomic E-state index is -4.37. The van der Waals surface area contributed by atoms with E-state index in [1.807, 2.05) is 0 Å². The molecule has 4 fully saturated rings. The van der Waals surface area contributed by atoms with E-state index in [1.54, 1.807) is 6.92 Å². The van der Waals surface area contributed by atoms with Gasteiger partial charge in [0.05, 0.1) is 5.25 Å². The van der Waals surface area contributed by atoms with E-state index in [1.165, 1.54) is 19.3 Å². The zero-order chi connectivity index (χ0) is 11.6. The van der Waals surface area contributed by atoms with Crippen molar-refractivity contribution in [1.29, 1.82) is 0 Å². The van der Waals surface area contributed by atoms with Gasteiger partial charge in [0.15, 0.2) is 0 Å². The predicted molar refractivity (Wildman–Crippen MR) is 60.1 cm³/mol. The average molecular weight is 246 g/mol. The number of halogens is 1.